The van der Waals surface area contributed by atoms with Crippen molar-refractivity contribution in [3.05, 3.63) is 47.3 Å². The lowest BCUT2D eigenvalue weighted by atomic mass is 10.2. The van der Waals surface area contributed by atoms with Gasteiger partial charge in [-0.3, -0.25) is 4.98 Å². The van der Waals surface area contributed by atoms with Crippen molar-refractivity contribution in [3.8, 4) is 17.3 Å². The normalized spacial score (nSPS) is 11.6. The number of hydrogen-bond donors (Lipinski definition) is 2. The highest BCUT2D eigenvalue weighted by Crippen LogP contribution is 2.30. The number of nitrogens with zero attached hydrogens (tertiary/aromatic N) is 5. The van der Waals surface area contributed by atoms with Gasteiger partial charge >= 0.3 is 6.18 Å². The summed E-state index contributed by atoms with van der Waals surface area (Å²) < 4.78 is 39.5. The largest absolute Gasteiger partial charge is 0.503 e. The van der Waals surface area contributed by atoms with Gasteiger partial charge < -0.3 is 15.0 Å². The minimum Gasteiger partial charge on any atom is -0.503 e. The summed E-state index contributed by atoms with van der Waals surface area (Å²) in [7, 11) is 1.47. The summed E-state index contributed by atoms with van der Waals surface area (Å²) in [5, 5.41) is 12.5. The second kappa shape index (κ2) is 6.79. The number of hydrogen-bond acceptors (Lipinski definition) is 6. The number of pyridine rings is 1. The smallest absolute Gasteiger partial charge is 0.434 e. The zero-order valence-corrected chi connectivity index (χ0v) is 14.0. The van der Waals surface area contributed by atoms with E-state index in [1.165, 1.54) is 24.0 Å². The van der Waals surface area contributed by atoms with Crippen LogP contribution in [0.5, 0.6) is 5.75 Å². The molecule has 3 rings (SSSR count). The molecule has 3 heterocycles. The minimum absolute atomic E-state index is 0.0194. The first-order chi connectivity index (χ1) is 12.2. The summed E-state index contributed by atoms with van der Waals surface area (Å²) >= 11 is 5.66. The molecule has 0 spiro atoms. The Balaban J connectivity index is 1.75. The second-order valence-electron chi connectivity index (χ2n) is 5.34. The van der Waals surface area contributed by atoms with Crippen molar-refractivity contribution >= 4 is 17.4 Å². The van der Waals surface area contributed by atoms with Crippen LogP contribution < -0.4 is 5.32 Å². The number of imidazole rings is 1. The van der Waals surface area contributed by atoms with Gasteiger partial charge in [0.05, 0.1) is 6.20 Å². The van der Waals surface area contributed by atoms with E-state index in [2.05, 4.69) is 25.3 Å². The average molecular weight is 385 g/mol. The van der Waals surface area contributed by atoms with Gasteiger partial charge in [-0.2, -0.15) is 18.2 Å². The summed E-state index contributed by atoms with van der Waals surface area (Å²) in [5.74, 6) is 0.108. The first-order valence-electron chi connectivity index (χ1n) is 7.25. The topological polar surface area (TPSA) is 88.8 Å². The molecule has 0 aliphatic carbocycles. The molecule has 0 fully saturated rings. The fourth-order valence-corrected chi connectivity index (χ4v) is 2.31. The molecule has 0 radical (unpaired) electrons. The van der Waals surface area contributed by atoms with Gasteiger partial charge in [-0.1, -0.05) is 6.07 Å². The number of anilines is 1. The highest BCUT2D eigenvalue weighted by atomic mass is 35.5. The Hall–Kier alpha value is -2.88. The monoisotopic (exact) mass is 384 g/mol. The van der Waals surface area contributed by atoms with E-state index in [4.69, 9.17) is 11.6 Å². The first kappa shape index (κ1) is 17.9. The number of aryl methyl sites for hydroxylation is 1. The Morgan fingerprint density at radius 2 is 1.96 bits per heavy atom. The zero-order chi connectivity index (χ0) is 18.9. The Morgan fingerprint density at radius 1 is 1.19 bits per heavy atom. The molecule has 7 nitrogen and oxygen atoms in total. The molecule has 0 aliphatic rings. The van der Waals surface area contributed by atoms with Gasteiger partial charge in [-0.15, -0.1) is 0 Å². The Labute approximate surface area is 150 Å². The second-order valence-corrected chi connectivity index (χ2v) is 5.67. The molecule has 0 bridgehead atoms. The van der Waals surface area contributed by atoms with E-state index in [9.17, 15) is 18.3 Å². The SMILES string of the molecule is Cn1cc(C(F)(F)F)nc1-c1ccc(CNc2nc(Cl)ncc2O)cn1. The molecule has 0 aromatic carbocycles. The van der Waals surface area contributed by atoms with Crippen molar-refractivity contribution in [2.45, 2.75) is 12.7 Å². The van der Waals surface area contributed by atoms with Crippen LogP contribution in [0.2, 0.25) is 5.28 Å². The van der Waals surface area contributed by atoms with Gasteiger partial charge in [0.25, 0.3) is 0 Å². The molecule has 0 amide bonds. The maximum atomic E-state index is 12.7. The molecular formula is C15H12ClF3N6O. The van der Waals surface area contributed by atoms with Crippen LogP contribution in [0.3, 0.4) is 0 Å². The van der Waals surface area contributed by atoms with Crippen molar-refractivity contribution in [3.63, 3.8) is 0 Å². The Kier molecular flexibility index (Phi) is 4.68. The molecule has 0 unspecified atom stereocenters. The van der Waals surface area contributed by atoms with Crippen LogP contribution in [-0.2, 0) is 19.8 Å². The third-order valence-electron chi connectivity index (χ3n) is 3.42. The molecule has 26 heavy (non-hydrogen) atoms. The van der Waals surface area contributed by atoms with Gasteiger partial charge in [0.15, 0.2) is 23.1 Å². The standard InChI is InChI=1S/C15H12ClF3N6O/c1-25-7-11(15(17,18)19)23-13(25)9-3-2-8(4-20-9)5-21-12-10(26)6-22-14(16)24-12/h2-4,6-7,26H,5H2,1H3,(H,21,22,24). The molecule has 0 saturated carbocycles. The first-order valence-corrected chi connectivity index (χ1v) is 7.63. The molecular weight excluding hydrogens is 373 g/mol. The molecule has 0 atom stereocenters. The van der Waals surface area contributed by atoms with Gasteiger partial charge in [0.1, 0.15) is 5.69 Å². The lowest BCUT2D eigenvalue weighted by Crippen LogP contribution is -2.05. The summed E-state index contributed by atoms with van der Waals surface area (Å²) in [4.78, 5) is 15.2. The third-order valence-corrected chi connectivity index (χ3v) is 3.60. The van der Waals surface area contributed by atoms with E-state index in [0.717, 1.165) is 6.20 Å². The van der Waals surface area contributed by atoms with Crippen LogP contribution in [-0.4, -0.2) is 29.6 Å². The molecule has 0 saturated heterocycles. The molecule has 3 aromatic rings. The molecule has 3 aromatic heterocycles. The number of aromatic nitrogens is 5. The van der Waals surface area contributed by atoms with Gasteiger partial charge in [0.2, 0.25) is 5.28 Å². The van der Waals surface area contributed by atoms with E-state index in [1.54, 1.807) is 12.1 Å². The lowest BCUT2D eigenvalue weighted by molar-refractivity contribution is -0.140. The van der Waals surface area contributed by atoms with Crippen molar-refractivity contribution in [2.24, 2.45) is 7.05 Å². The predicted molar refractivity (Wildman–Crippen MR) is 87.5 cm³/mol. The summed E-state index contributed by atoms with van der Waals surface area (Å²) in [6.07, 6.45) is -0.947. The minimum atomic E-state index is -4.51. The summed E-state index contributed by atoms with van der Waals surface area (Å²) in [6, 6.07) is 3.24. The maximum Gasteiger partial charge on any atom is 0.434 e. The Morgan fingerprint density at radius 3 is 2.58 bits per heavy atom. The van der Waals surface area contributed by atoms with Crippen molar-refractivity contribution in [1.82, 2.24) is 24.5 Å². The van der Waals surface area contributed by atoms with E-state index < -0.39 is 11.9 Å². The average Bonchev–Trinajstić information content (AvgIpc) is 2.98. The summed E-state index contributed by atoms with van der Waals surface area (Å²) in [6.45, 7) is 0.266. The van der Waals surface area contributed by atoms with Crippen molar-refractivity contribution < 1.29 is 18.3 Å². The van der Waals surface area contributed by atoms with Crippen LogP contribution in [0, 0.1) is 0 Å². The lowest BCUT2D eigenvalue weighted by Gasteiger charge is -2.08. The fourth-order valence-electron chi connectivity index (χ4n) is 2.17. The number of rotatable bonds is 4. The summed E-state index contributed by atoms with van der Waals surface area (Å²) in [5.41, 5.74) is 0.0477. The van der Waals surface area contributed by atoms with E-state index in [-0.39, 0.29) is 29.2 Å². The van der Waals surface area contributed by atoms with Crippen molar-refractivity contribution in [1.29, 1.82) is 0 Å². The maximum absolute atomic E-state index is 12.7. The van der Waals surface area contributed by atoms with E-state index in [1.807, 2.05) is 0 Å². The number of aromatic hydroxyl groups is 1. The van der Waals surface area contributed by atoms with Crippen LogP contribution in [0.1, 0.15) is 11.3 Å². The Bertz CT molecular complexity index is 926. The quantitative estimate of drug-likeness (QED) is 0.671. The number of nitrogens with one attached hydrogen (secondary N) is 1. The highest BCUT2D eigenvalue weighted by molar-refractivity contribution is 6.28. The highest BCUT2D eigenvalue weighted by Gasteiger charge is 2.34. The zero-order valence-electron chi connectivity index (χ0n) is 13.3. The van der Waals surface area contributed by atoms with Crippen LogP contribution in [0.25, 0.3) is 11.5 Å². The molecule has 2 N–H and O–H groups in total. The van der Waals surface area contributed by atoms with E-state index >= 15 is 0 Å². The van der Waals surface area contributed by atoms with Crippen LogP contribution in [0.15, 0.2) is 30.7 Å². The third kappa shape index (κ3) is 3.85. The molecule has 136 valence electrons. The van der Waals surface area contributed by atoms with Gasteiger partial charge in [-0.05, 0) is 23.2 Å². The van der Waals surface area contributed by atoms with Gasteiger partial charge in [-0.25, -0.2) is 9.97 Å². The molecule has 0 aliphatic heterocycles. The number of alkyl halides is 3. The van der Waals surface area contributed by atoms with Crippen LogP contribution >= 0.6 is 11.6 Å². The molecule has 11 heteroatoms. The fraction of sp³-hybridized carbons (Fsp3) is 0.200. The van der Waals surface area contributed by atoms with Crippen molar-refractivity contribution in [2.75, 3.05) is 5.32 Å². The van der Waals surface area contributed by atoms with E-state index in [0.29, 0.717) is 11.3 Å². The number of halogens is 4. The van der Waals surface area contributed by atoms with Crippen LogP contribution in [0.4, 0.5) is 19.0 Å². The predicted octanol–water partition coefficient (Wildman–Crippen LogP) is 3.26. The van der Waals surface area contributed by atoms with Gasteiger partial charge in [0, 0.05) is 26.0 Å².